The number of hydrogen-bond acceptors (Lipinski definition) is 6. The van der Waals surface area contributed by atoms with Crippen LogP contribution in [0.3, 0.4) is 0 Å². The minimum Gasteiger partial charge on any atom is -0.482 e. The molecule has 4 aromatic rings. The Bertz CT molecular complexity index is 1590. The highest BCUT2D eigenvalue weighted by molar-refractivity contribution is 6.10. The molecule has 38 heavy (non-hydrogen) atoms. The highest BCUT2D eigenvalue weighted by Gasteiger charge is 2.30. The third-order valence-corrected chi connectivity index (χ3v) is 6.83. The fraction of sp³-hybridized carbons (Fsp3) is 0.222. The van der Waals surface area contributed by atoms with E-state index in [0.717, 1.165) is 17.5 Å². The summed E-state index contributed by atoms with van der Waals surface area (Å²) in [4.78, 5) is 51.0. The van der Waals surface area contributed by atoms with Crippen molar-refractivity contribution in [2.45, 2.75) is 18.9 Å². The van der Waals surface area contributed by atoms with E-state index in [1.807, 2.05) is 6.07 Å². The van der Waals surface area contributed by atoms with Gasteiger partial charge in [0.2, 0.25) is 0 Å². The number of rotatable bonds is 5. The highest BCUT2D eigenvalue weighted by atomic mass is 19.1. The number of carbonyl (C=O) groups is 3. The van der Waals surface area contributed by atoms with Crippen molar-refractivity contribution >= 4 is 34.4 Å². The average molecular weight is 515 g/mol. The van der Waals surface area contributed by atoms with Gasteiger partial charge in [-0.25, -0.2) is 14.4 Å². The van der Waals surface area contributed by atoms with E-state index in [9.17, 15) is 18.8 Å². The van der Waals surface area contributed by atoms with Gasteiger partial charge in [-0.1, -0.05) is 18.2 Å². The van der Waals surface area contributed by atoms with E-state index in [1.165, 1.54) is 18.5 Å². The number of H-pyrrole nitrogens is 1. The minimum absolute atomic E-state index is 0.0290. The Morgan fingerprint density at radius 3 is 2.95 bits per heavy atom. The zero-order valence-electron chi connectivity index (χ0n) is 20.2. The monoisotopic (exact) mass is 514 g/mol. The Morgan fingerprint density at radius 1 is 1.18 bits per heavy atom. The number of halogens is 1. The number of carbonyl (C=O) groups excluding carboxylic acids is 3. The van der Waals surface area contributed by atoms with Crippen molar-refractivity contribution in [1.82, 2.24) is 25.2 Å². The van der Waals surface area contributed by atoms with Crippen LogP contribution < -0.4 is 15.4 Å². The molecule has 0 bridgehead atoms. The van der Waals surface area contributed by atoms with Gasteiger partial charge < -0.3 is 25.3 Å². The predicted octanol–water partition coefficient (Wildman–Crippen LogP) is 2.99. The van der Waals surface area contributed by atoms with Crippen LogP contribution in [0, 0.1) is 5.82 Å². The Morgan fingerprint density at radius 2 is 2.08 bits per heavy atom. The standard InChI is InChI=1S/C27H23FN6O4/c28-18-3-1-2-16(9-18)17-6-7-34(12-17)27(37)19-11-29-24-23(19)31-14-32-25(24)26(36)30-10-15-4-5-21-20(8-15)33-22(35)13-38-21/h1-5,8-9,11,14,17,29H,6-7,10,12-13H2,(H,30,36)(H,33,35). The number of nitrogens with one attached hydrogen (secondary N) is 3. The molecule has 4 heterocycles. The number of ether oxygens (including phenoxy) is 1. The number of aromatic amines is 1. The molecular weight excluding hydrogens is 491 g/mol. The molecule has 0 saturated carbocycles. The highest BCUT2D eigenvalue weighted by Crippen LogP contribution is 2.30. The van der Waals surface area contributed by atoms with Gasteiger partial charge in [-0.2, -0.15) is 0 Å². The molecule has 2 aliphatic rings. The van der Waals surface area contributed by atoms with Crippen molar-refractivity contribution in [3.8, 4) is 5.75 Å². The van der Waals surface area contributed by atoms with Crippen LogP contribution in [0.15, 0.2) is 55.0 Å². The molecule has 1 saturated heterocycles. The van der Waals surface area contributed by atoms with Crippen molar-refractivity contribution < 1.29 is 23.5 Å². The maximum Gasteiger partial charge on any atom is 0.272 e. The first-order valence-electron chi connectivity index (χ1n) is 12.2. The van der Waals surface area contributed by atoms with E-state index < -0.39 is 5.91 Å². The lowest BCUT2D eigenvalue weighted by molar-refractivity contribution is -0.118. The first-order valence-corrected chi connectivity index (χ1v) is 12.2. The number of benzene rings is 2. The van der Waals surface area contributed by atoms with Gasteiger partial charge in [0.1, 0.15) is 23.4 Å². The topological polar surface area (TPSA) is 129 Å². The van der Waals surface area contributed by atoms with Crippen molar-refractivity contribution in [3.05, 3.63) is 83.2 Å². The third-order valence-electron chi connectivity index (χ3n) is 6.83. The fourth-order valence-electron chi connectivity index (χ4n) is 4.93. The average Bonchev–Trinajstić information content (AvgIpc) is 3.59. The van der Waals surface area contributed by atoms with Crippen LogP contribution in [-0.2, 0) is 11.3 Å². The second-order valence-corrected chi connectivity index (χ2v) is 9.29. The predicted molar refractivity (Wildman–Crippen MR) is 135 cm³/mol. The van der Waals surface area contributed by atoms with E-state index >= 15 is 0 Å². The van der Waals surface area contributed by atoms with Gasteiger partial charge in [0.25, 0.3) is 17.7 Å². The van der Waals surface area contributed by atoms with Crippen LogP contribution in [0.5, 0.6) is 5.75 Å². The van der Waals surface area contributed by atoms with Crippen LogP contribution in [0.4, 0.5) is 10.1 Å². The SMILES string of the molecule is O=C1COc2ccc(CNC(=O)c3ncnc4c(C(=O)N5CCC(c6cccc(F)c6)C5)c[nH]c34)cc2N1. The van der Waals surface area contributed by atoms with Gasteiger partial charge in [0.05, 0.1) is 16.8 Å². The Balaban J connectivity index is 1.16. The zero-order valence-corrected chi connectivity index (χ0v) is 20.2. The van der Waals surface area contributed by atoms with Gasteiger partial charge >= 0.3 is 0 Å². The van der Waals surface area contributed by atoms with E-state index in [2.05, 4.69) is 25.6 Å². The lowest BCUT2D eigenvalue weighted by atomic mass is 9.98. The maximum absolute atomic E-state index is 13.7. The molecule has 0 aliphatic carbocycles. The molecule has 3 amide bonds. The van der Waals surface area contributed by atoms with Crippen LogP contribution in [0.1, 0.15) is 44.3 Å². The molecule has 0 radical (unpaired) electrons. The number of nitrogens with zero attached hydrogens (tertiary/aromatic N) is 3. The van der Waals surface area contributed by atoms with Gasteiger partial charge in [0, 0.05) is 31.7 Å². The van der Waals surface area contributed by atoms with E-state index in [0.29, 0.717) is 41.1 Å². The maximum atomic E-state index is 13.7. The van der Waals surface area contributed by atoms with Gasteiger partial charge in [0.15, 0.2) is 12.3 Å². The van der Waals surface area contributed by atoms with Crippen LogP contribution in [0.2, 0.25) is 0 Å². The minimum atomic E-state index is -0.441. The molecule has 1 fully saturated rings. The number of hydrogen-bond donors (Lipinski definition) is 3. The molecule has 6 rings (SSSR count). The summed E-state index contributed by atoms with van der Waals surface area (Å²) in [5, 5.41) is 5.56. The first-order chi connectivity index (χ1) is 18.5. The molecule has 2 aromatic heterocycles. The van der Waals surface area contributed by atoms with Crippen molar-refractivity contribution in [3.63, 3.8) is 0 Å². The third kappa shape index (κ3) is 4.42. The summed E-state index contributed by atoms with van der Waals surface area (Å²) in [6.07, 6.45) is 3.53. The normalized spacial score (nSPS) is 16.6. The number of likely N-dealkylation sites (tertiary alicyclic amines) is 1. The summed E-state index contributed by atoms with van der Waals surface area (Å²) < 4.78 is 19.0. The molecule has 10 nitrogen and oxygen atoms in total. The second kappa shape index (κ2) is 9.58. The van der Waals surface area contributed by atoms with Gasteiger partial charge in [-0.05, 0) is 41.8 Å². The Hall–Kier alpha value is -4.80. The summed E-state index contributed by atoms with van der Waals surface area (Å²) in [7, 11) is 0. The molecule has 3 N–H and O–H groups in total. The van der Waals surface area contributed by atoms with Crippen molar-refractivity contribution in [2.24, 2.45) is 0 Å². The van der Waals surface area contributed by atoms with Crippen molar-refractivity contribution in [2.75, 3.05) is 25.0 Å². The molecule has 192 valence electrons. The largest absolute Gasteiger partial charge is 0.482 e. The summed E-state index contributed by atoms with van der Waals surface area (Å²) in [5.41, 5.74) is 3.36. The van der Waals surface area contributed by atoms with E-state index in [4.69, 9.17) is 4.74 Å². The Labute approximate surface area is 216 Å². The number of aromatic nitrogens is 3. The van der Waals surface area contributed by atoms with Crippen LogP contribution in [0.25, 0.3) is 11.0 Å². The van der Waals surface area contributed by atoms with E-state index in [1.54, 1.807) is 35.4 Å². The summed E-state index contributed by atoms with van der Waals surface area (Å²) >= 11 is 0. The molecule has 0 spiro atoms. The smallest absolute Gasteiger partial charge is 0.272 e. The second-order valence-electron chi connectivity index (χ2n) is 9.29. The summed E-state index contributed by atoms with van der Waals surface area (Å²) in [5.74, 6) is -0.557. The number of fused-ring (bicyclic) bond motifs is 2. The summed E-state index contributed by atoms with van der Waals surface area (Å²) in [6.45, 7) is 1.17. The van der Waals surface area contributed by atoms with Crippen LogP contribution in [-0.4, -0.2) is 57.3 Å². The molecule has 11 heteroatoms. The van der Waals surface area contributed by atoms with Gasteiger partial charge in [-0.3, -0.25) is 14.4 Å². The number of amides is 3. The summed E-state index contributed by atoms with van der Waals surface area (Å²) in [6, 6.07) is 11.7. The fourth-order valence-corrected chi connectivity index (χ4v) is 4.93. The molecule has 1 unspecified atom stereocenters. The zero-order chi connectivity index (χ0) is 26.2. The van der Waals surface area contributed by atoms with Gasteiger partial charge in [-0.15, -0.1) is 0 Å². The molecule has 2 aromatic carbocycles. The van der Waals surface area contributed by atoms with Crippen molar-refractivity contribution in [1.29, 1.82) is 0 Å². The Kier molecular flexibility index (Phi) is 5.95. The molecular formula is C27H23FN6O4. The molecule has 2 aliphatic heterocycles. The van der Waals surface area contributed by atoms with E-state index in [-0.39, 0.29) is 42.4 Å². The van der Waals surface area contributed by atoms with Crippen LogP contribution >= 0.6 is 0 Å². The number of anilines is 1. The lowest BCUT2D eigenvalue weighted by Gasteiger charge is -2.18. The lowest BCUT2D eigenvalue weighted by Crippen LogP contribution is -2.28. The quantitative estimate of drug-likeness (QED) is 0.376. The first kappa shape index (κ1) is 23.6. The molecule has 1 atom stereocenters.